The summed E-state index contributed by atoms with van der Waals surface area (Å²) >= 11 is 0. The number of nitrogens with two attached hydrogens (primary N) is 1. The average molecular weight is 459 g/mol. The van der Waals surface area contributed by atoms with Gasteiger partial charge in [-0.3, -0.25) is 0 Å². The zero-order valence-electron chi connectivity index (χ0n) is 14.2. The van der Waals surface area contributed by atoms with E-state index in [4.69, 9.17) is 15.2 Å². The molecule has 0 radical (unpaired) electrons. The van der Waals surface area contributed by atoms with Crippen LogP contribution in [-0.4, -0.2) is 25.7 Å². The van der Waals surface area contributed by atoms with Gasteiger partial charge in [-0.15, -0.1) is 24.0 Å². The van der Waals surface area contributed by atoms with E-state index < -0.39 is 0 Å². The summed E-state index contributed by atoms with van der Waals surface area (Å²) in [6, 6.07) is 13.7. The van der Waals surface area contributed by atoms with Gasteiger partial charge in [0.05, 0.1) is 13.2 Å². The van der Waals surface area contributed by atoms with Crippen molar-refractivity contribution in [3.63, 3.8) is 0 Å². The van der Waals surface area contributed by atoms with Crippen molar-refractivity contribution >= 4 is 35.6 Å². The number of rotatable bonds is 7. The van der Waals surface area contributed by atoms with Crippen LogP contribution in [0.2, 0.25) is 0 Å². The number of nitrogens with one attached hydrogen (secondary N) is 1. The molecule has 0 aliphatic carbocycles. The standard InChI is InChI=1S/C18H22FN3O2.HI/c1-13(24-16-8-5-7-15(19)10-16)11-21-18(20)22-17-9-4-3-6-14(17)12-23-2;/h3-10,13H,11-12H2,1-2H3,(H3,20,21,22);1H. The zero-order valence-corrected chi connectivity index (χ0v) is 16.6. The van der Waals surface area contributed by atoms with Crippen LogP contribution in [0.4, 0.5) is 10.1 Å². The molecule has 0 fully saturated rings. The largest absolute Gasteiger partial charge is 0.489 e. The quantitative estimate of drug-likeness (QED) is 0.376. The molecular formula is C18H23FIN3O2. The Bertz CT molecular complexity index is 698. The topological polar surface area (TPSA) is 68.9 Å². The van der Waals surface area contributed by atoms with Crippen molar-refractivity contribution in [2.24, 2.45) is 10.7 Å². The summed E-state index contributed by atoms with van der Waals surface area (Å²) in [7, 11) is 1.64. The Labute approximate surface area is 164 Å². The molecule has 5 nitrogen and oxygen atoms in total. The molecule has 0 bridgehead atoms. The second kappa shape index (κ2) is 10.9. The van der Waals surface area contributed by atoms with Crippen LogP contribution < -0.4 is 15.8 Å². The fraction of sp³-hybridized carbons (Fsp3) is 0.278. The SMILES string of the molecule is COCc1ccccc1NC(N)=NCC(C)Oc1cccc(F)c1.I. The van der Waals surface area contributed by atoms with E-state index in [-0.39, 0.29) is 41.9 Å². The minimum atomic E-state index is -0.334. The number of hydrogen-bond donors (Lipinski definition) is 2. The van der Waals surface area contributed by atoms with E-state index in [0.29, 0.717) is 18.9 Å². The normalized spacial score (nSPS) is 12.2. The number of para-hydroxylation sites is 1. The summed E-state index contributed by atoms with van der Waals surface area (Å²) in [4.78, 5) is 4.26. The maximum atomic E-state index is 13.1. The predicted molar refractivity (Wildman–Crippen MR) is 109 cm³/mol. The smallest absolute Gasteiger partial charge is 0.193 e. The molecule has 1 atom stereocenters. The second-order valence-corrected chi connectivity index (χ2v) is 5.33. The first kappa shape index (κ1) is 21.2. The molecule has 136 valence electrons. The van der Waals surface area contributed by atoms with Crippen LogP contribution >= 0.6 is 24.0 Å². The number of nitrogens with zero attached hydrogens (tertiary/aromatic N) is 1. The van der Waals surface area contributed by atoms with Crippen LogP contribution in [0.25, 0.3) is 0 Å². The van der Waals surface area contributed by atoms with Crippen LogP contribution in [0.5, 0.6) is 5.75 Å². The van der Waals surface area contributed by atoms with Gasteiger partial charge in [0.2, 0.25) is 0 Å². The first-order valence-corrected chi connectivity index (χ1v) is 7.64. The van der Waals surface area contributed by atoms with Crippen molar-refractivity contribution in [2.45, 2.75) is 19.6 Å². The second-order valence-electron chi connectivity index (χ2n) is 5.33. The molecule has 3 N–H and O–H groups in total. The molecule has 0 heterocycles. The Kier molecular flexibility index (Phi) is 9.22. The highest BCUT2D eigenvalue weighted by atomic mass is 127. The third kappa shape index (κ3) is 7.27. The van der Waals surface area contributed by atoms with Gasteiger partial charge < -0.3 is 20.5 Å². The average Bonchev–Trinajstić information content (AvgIpc) is 2.55. The Hall–Kier alpha value is -1.87. The van der Waals surface area contributed by atoms with E-state index in [1.807, 2.05) is 31.2 Å². The summed E-state index contributed by atoms with van der Waals surface area (Å²) in [5.41, 5.74) is 7.75. The number of guanidine groups is 1. The van der Waals surface area contributed by atoms with E-state index in [0.717, 1.165) is 11.3 Å². The van der Waals surface area contributed by atoms with Gasteiger partial charge in [0.25, 0.3) is 0 Å². The molecule has 25 heavy (non-hydrogen) atoms. The maximum absolute atomic E-state index is 13.1. The van der Waals surface area contributed by atoms with E-state index in [9.17, 15) is 4.39 Å². The fourth-order valence-corrected chi connectivity index (χ4v) is 2.14. The van der Waals surface area contributed by atoms with Gasteiger partial charge in [-0.2, -0.15) is 0 Å². The van der Waals surface area contributed by atoms with Crippen molar-refractivity contribution in [3.05, 3.63) is 59.9 Å². The van der Waals surface area contributed by atoms with Crippen LogP contribution in [0.1, 0.15) is 12.5 Å². The van der Waals surface area contributed by atoms with Crippen molar-refractivity contribution < 1.29 is 13.9 Å². The van der Waals surface area contributed by atoms with E-state index in [1.54, 1.807) is 19.2 Å². The van der Waals surface area contributed by atoms with Crippen LogP contribution in [0.15, 0.2) is 53.5 Å². The lowest BCUT2D eigenvalue weighted by molar-refractivity contribution is 0.185. The molecule has 7 heteroatoms. The Morgan fingerprint density at radius 2 is 2.00 bits per heavy atom. The first-order chi connectivity index (χ1) is 11.6. The fourth-order valence-electron chi connectivity index (χ4n) is 2.14. The molecular weight excluding hydrogens is 436 g/mol. The molecule has 0 aromatic heterocycles. The van der Waals surface area contributed by atoms with Gasteiger partial charge in [-0.1, -0.05) is 24.3 Å². The van der Waals surface area contributed by atoms with E-state index in [2.05, 4.69) is 10.3 Å². The van der Waals surface area contributed by atoms with E-state index >= 15 is 0 Å². The van der Waals surface area contributed by atoms with Crippen LogP contribution in [0.3, 0.4) is 0 Å². The number of ether oxygens (including phenoxy) is 2. The third-order valence-corrected chi connectivity index (χ3v) is 3.23. The molecule has 0 aliphatic rings. The van der Waals surface area contributed by atoms with Gasteiger partial charge in [0.1, 0.15) is 17.7 Å². The van der Waals surface area contributed by atoms with Crippen LogP contribution in [0, 0.1) is 5.82 Å². The number of halogens is 2. The molecule has 0 saturated heterocycles. The monoisotopic (exact) mass is 459 g/mol. The van der Waals surface area contributed by atoms with Gasteiger partial charge in [0, 0.05) is 24.4 Å². The lowest BCUT2D eigenvalue weighted by atomic mass is 10.2. The summed E-state index contributed by atoms with van der Waals surface area (Å²) in [5, 5.41) is 3.06. The minimum Gasteiger partial charge on any atom is -0.489 e. The highest BCUT2D eigenvalue weighted by molar-refractivity contribution is 14.0. The Morgan fingerprint density at radius 3 is 2.72 bits per heavy atom. The molecule has 0 amide bonds. The summed E-state index contributed by atoms with van der Waals surface area (Å²) in [6.45, 7) is 2.68. The summed E-state index contributed by atoms with van der Waals surface area (Å²) < 4.78 is 23.9. The zero-order chi connectivity index (χ0) is 17.4. The van der Waals surface area contributed by atoms with Gasteiger partial charge >= 0.3 is 0 Å². The van der Waals surface area contributed by atoms with Crippen LogP contribution in [-0.2, 0) is 11.3 Å². The number of anilines is 1. The molecule has 2 aromatic rings. The first-order valence-electron chi connectivity index (χ1n) is 7.64. The molecule has 0 saturated carbocycles. The predicted octanol–water partition coefficient (Wildman–Crippen LogP) is 3.78. The summed E-state index contributed by atoms with van der Waals surface area (Å²) in [6.07, 6.45) is -0.235. The van der Waals surface area contributed by atoms with Crippen molar-refractivity contribution in [1.82, 2.24) is 0 Å². The molecule has 2 rings (SSSR count). The molecule has 2 aromatic carbocycles. The Balaban J connectivity index is 0.00000312. The highest BCUT2D eigenvalue weighted by Gasteiger charge is 2.06. The number of aliphatic imine (C=N–C) groups is 1. The number of benzene rings is 2. The summed E-state index contributed by atoms with van der Waals surface area (Å²) in [5.74, 6) is 0.419. The lowest BCUT2D eigenvalue weighted by Crippen LogP contribution is -2.26. The lowest BCUT2D eigenvalue weighted by Gasteiger charge is -2.14. The molecule has 1 unspecified atom stereocenters. The van der Waals surface area contributed by atoms with Gasteiger partial charge in [-0.25, -0.2) is 9.38 Å². The van der Waals surface area contributed by atoms with Crippen molar-refractivity contribution in [3.8, 4) is 5.75 Å². The minimum absolute atomic E-state index is 0. The number of hydrogen-bond acceptors (Lipinski definition) is 3. The van der Waals surface area contributed by atoms with E-state index in [1.165, 1.54) is 12.1 Å². The molecule has 0 aliphatic heterocycles. The van der Waals surface area contributed by atoms with Crippen molar-refractivity contribution in [2.75, 3.05) is 19.0 Å². The molecule has 0 spiro atoms. The number of methoxy groups -OCH3 is 1. The highest BCUT2D eigenvalue weighted by Crippen LogP contribution is 2.16. The van der Waals surface area contributed by atoms with Gasteiger partial charge in [-0.05, 0) is 25.1 Å². The van der Waals surface area contributed by atoms with Crippen molar-refractivity contribution in [1.29, 1.82) is 0 Å². The Morgan fingerprint density at radius 1 is 1.24 bits per heavy atom. The third-order valence-electron chi connectivity index (χ3n) is 3.23. The van der Waals surface area contributed by atoms with Gasteiger partial charge in [0.15, 0.2) is 5.96 Å². The maximum Gasteiger partial charge on any atom is 0.193 e.